The lowest BCUT2D eigenvalue weighted by Crippen LogP contribution is -2.40. The molecule has 0 unspecified atom stereocenters. The Balaban J connectivity index is 1.59. The first kappa shape index (κ1) is 22.9. The zero-order chi connectivity index (χ0) is 23.8. The number of rotatable bonds is 5. The van der Waals surface area contributed by atoms with Crippen LogP contribution in [0.25, 0.3) is 5.69 Å². The molecule has 1 saturated carbocycles. The highest BCUT2D eigenvalue weighted by Gasteiger charge is 2.44. The Labute approximate surface area is 208 Å². The number of thiocarbonyl (C=S) groups is 1. The van der Waals surface area contributed by atoms with Gasteiger partial charge in [-0.3, -0.25) is 4.98 Å². The molecule has 1 N–H and O–H groups in total. The number of anilines is 1. The van der Waals surface area contributed by atoms with E-state index in [0.717, 1.165) is 10.8 Å². The molecule has 1 aliphatic heterocycles. The van der Waals surface area contributed by atoms with E-state index >= 15 is 0 Å². The van der Waals surface area contributed by atoms with Gasteiger partial charge in [0.25, 0.3) is 0 Å². The van der Waals surface area contributed by atoms with E-state index in [0.29, 0.717) is 6.04 Å². The molecule has 0 bridgehead atoms. The Hall–Kier alpha value is -2.86. The van der Waals surface area contributed by atoms with Crippen molar-refractivity contribution in [2.24, 2.45) is 0 Å². The summed E-state index contributed by atoms with van der Waals surface area (Å²) in [5.41, 5.74) is 7.30. The molecule has 5 rings (SSSR count). The standard InChI is InChI=1S/C28H35N5S/c1-19-18-24(20(2)32(19)23-15-13-21(14-16-23)31(3)4)27-26(25-12-8-9-17-29-25)30-28(34)33(27)22-10-6-5-7-11-22/h8-9,12-18,22,26-27H,5-7,10-11H2,1-4H3,(H,30,34)/t26-,27-/m0/s1. The minimum Gasteiger partial charge on any atom is -0.378 e. The highest BCUT2D eigenvalue weighted by molar-refractivity contribution is 7.80. The smallest absolute Gasteiger partial charge is 0.170 e. The number of nitrogens with one attached hydrogen (secondary N) is 1. The molecule has 3 heterocycles. The molecule has 1 saturated heterocycles. The maximum atomic E-state index is 5.97. The van der Waals surface area contributed by atoms with Crippen LogP contribution in [0.2, 0.25) is 0 Å². The SMILES string of the molecule is Cc1cc([C@H]2[C@H](c3ccccn3)NC(=S)N2C2CCCCC2)c(C)n1-c1ccc(N(C)C)cc1. The van der Waals surface area contributed by atoms with Gasteiger partial charge in [-0.15, -0.1) is 0 Å². The molecule has 2 aliphatic rings. The molecule has 2 fully saturated rings. The van der Waals surface area contributed by atoms with E-state index < -0.39 is 0 Å². The van der Waals surface area contributed by atoms with Gasteiger partial charge in [-0.1, -0.05) is 25.3 Å². The monoisotopic (exact) mass is 473 g/mol. The van der Waals surface area contributed by atoms with Gasteiger partial charge in [0.15, 0.2) is 5.11 Å². The second-order valence-electron chi connectivity index (χ2n) is 9.90. The van der Waals surface area contributed by atoms with Crippen molar-refractivity contribution in [2.45, 2.75) is 64.1 Å². The fourth-order valence-electron chi connectivity index (χ4n) is 5.83. The first-order valence-electron chi connectivity index (χ1n) is 12.4. The number of hydrogen-bond acceptors (Lipinski definition) is 3. The summed E-state index contributed by atoms with van der Waals surface area (Å²) in [7, 11) is 4.15. The van der Waals surface area contributed by atoms with Crippen LogP contribution < -0.4 is 10.2 Å². The van der Waals surface area contributed by atoms with Crippen LogP contribution in [0.4, 0.5) is 5.69 Å². The summed E-state index contributed by atoms with van der Waals surface area (Å²) in [4.78, 5) is 9.38. The number of aromatic nitrogens is 2. The normalized spacial score (nSPS) is 21.1. The van der Waals surface area contributed by atoms with Crippen LogP contribution in [0.1, 0.15) is 66.8 Å². The van der Waals surface area contributed by atoms with E-state index in [4.69, 9.17) is 17.2 Å². The number of aryl methyl sites for hydroxylation is 1. The van der Waals surface area contributed by atoms with Crippen LogP contribution in [0, 0.1) is 13.8 Å². The van der Waals surface area contributed by atoms with Crippen LogP contribution in [0.15, 0.2) is 54.7 Å². The van der Waals surface area contributed by atoms with Crippen molar-refractivity contribution in [1.82, 2.24) is 19.8 Å². The van der Waals surface area contributed by atoms with Crippen LogP contribution in [-0.2, 0) is 0 Å². The summed E-state index contributed by atoms with van der Waals surface area (Å²) in [6.45, 7) is 4.45. The van der Waals surface area contributed by atoms with Crippen LogP contribution in [0.5, 0.6) is 0 Å². The van der Waals surface area contributed by atoms with Gasteiger partial charge in [-0.05, 0) is 86.9 Å². The van der Waals surface area contributed by atoms with Crippen LogP contribution in [0.3, 0.4) is 0 Å². The maximum Gasteiger partial charge on any atom is 0.170 e. The molecule has 0 radical (unpaired) electrons. The quantitative estimate of drug-likeness (QED) is 0.470. The zero-order valence-electron chi connectivity index (χ0n) is 20.7. The van der Waals surface area contributed by atoms with Gasteiger partial charge in [0.2, 0.25) is 0 Å². The van der Waals surface area contributed by atoms with Crippen molar-refractivity contribution >= 4 is 23.0 Å². The Morgan fingerprint density at radius 1 is 1.00 bits per heavy atom. The highest BCUT2D eigenvalue weighted by atomic mass is 32.1. The van der Waals surface area contributed by atoms with Gasteiger partial charge in [0.1, 0.15) is 0 Å². The van der Waals surface area contributed by atoms with Gasteiger partial charge in [0, 0.05) is 49.1 Å². The molecular formula is C28H35N5S. The number of benzene rings is 1. The fraction of sp³-hybridized carbons (Fsp3) is 0.429. The van der Waals surface area contributed by atoms with Crippen molar-refractivity contribution in [1.29, 1.82) is 0 Å². The van der Waals surface area contributed by atoms with E-state index in [1.807, 2.05) is 12.3 Å². The number of pyridine rings is 1. The molecule has 178 valence electrons. The molecule has 2 atom stereocenters. The van der Waals surface area contributed by atoms with Crippen LogP contribution >= 0.6 is 12.2 Å². The second-order valence-corrected chi connectivity index (χ2v) is 10.3. The predicted molar refractivity (Wildman–Crippen MR) is 144 cm³/mol. The van der Waals surface area contributed by atoms with Gasteiger partial charge >= 0.3 is 0 Å². The average Bonchev–Trinajstić information content (AvgIpc) is 3.35. The van der Waals surface area contributed by atoms with Crippen LogP contribution in [-0.4, -0.2) is 39.7 Å². The third-order valence-corrected chi connectivity index (χ3v) is 7.85. The molecule has 1 aromatic carbocycles. The third-order valence-electron chi connectivity index (χ3n) is 7.52. The molecule has 2 aromatic heterocycles. The molecule has 0 amide bonds. The molecule has 0 spiro atoms. The minimum atomic E-state index is 0.0423. The average molecular weight is 474 g/mol. The Kier molecular flexibility index (Phi) is 6.34. The molecule has 6 heteroatoms. The van der Waals surface area contributed by atoms with Crippen molar-refractivity contribution in [3.8, 4) is 5.69 Å². The lowest BCUT2D eigenvalue weighted by atomic mass is 9.90. The lowest BCUT2D eigenvalue weighted by molar-refractivity contribution is 0.197. The van der Waals surface area contributed by atoms with Crippen molar-refractivity contribution in [3.05, 3.63) is 77.4 Å². The predicted octanol–water partition coefficient (Wildman–Crippen LogP) is 5.86. The fourth-order valence-corrected chi connectivity index (χ4v) is 6.22. The minimum absolute atomic E-state index is 0.0423. The van der Waals surface area contributed by atoms with Gasteiger partial charge in [-0.2, -0.15) is 0 Å². The first-order chi connectivity index (χ1) is 16.5. The van der Waals surface area contributed by atoms with E-state index in [1.165, 1.54) is 60.4 Å². The van der Waals surface area contributed by atoms with Gasteiger partial charge in [0.05, 0.1) is 17.8 Å². The Morgan fingerprint density at radius 2 is 1.74 bits per heavy atom. The summed E-state index contributed by atoms with van der Waals surface area (Å²) >= 11 is 5.97. The van der Waals surface area contributed by atoms with Gasteiger partial charge < -0.3 is 19.7 Å². The summed E-state index contributed by atoms with van der Waals surface area (Å²) in [6, 6.07) is 18.0. The Bertz CT molecular complexity index is 1150. The van der Waals surface area contributed by atoms with E-state index in [-0.39, 0.29) is 12.1 Å². The first-order valence-corrected chi connectivity index (χ1v) is 12.8. The van der Waals surface area contributed by atoms with Gasteiger partial charge in [-0.25, -0.2) is 0 Å². The second kappa shape index (κ2) is 9.41. The van der Waals surface area contributed by atoms with E-state index in [1.54, 1.807) is 0 Å². The maximum absolute atomic E-state index is 5.97. The number of hydrogen-bond donors (Lipinski definition) is 1. The van der Waals surface area contributed by atoms with E-state index in [2.05, 4.69) is 90.1 Å². The van der Waals surface area contributed by atoms with Crippen molar-refractivity contribution < 1.29 is 0 Å². The lowest BCUT2D eigenvalue weighted by Gasteiger charge is -2.37. The molecule has 34 heavy (non-hydrogen) atoms. The summed E-state index contributed by atoms with van der Waals surface area (Å²) in [5.74, 6) is 0. The molecular weight excluding hydrogens is 438 g/mol. The highest BCUT2D eigenvalue weighted by Crippen LogP contribution is 2.44. The Morgan fingerprint density at radius 3 is 2.38 bits per heavy atom. The molecule has 3 aromatic rings. The largest absolute Gasteiger partial charge is 0.378 e. The third kappa shape index (κ3) is 4.09. The summed E-state index contributed by atoms with van der Waals surface area (Å²) < 4.78 is 2.38. The zero-order valence-corrected chi connectivity index (χ0v) is 21.5. The molecule has 5 nitrogen and oxygen atoms in total. The number of nitrogens with zero attached hydrogens (tertiary/aromatic N) is 4. The van der Waals surface area contributed by atoms with E-state index in [9.17, 15) is 0 Å². The topological polar surface area (TPSA) is 36.3 Å². The van der Waals surface area contributed by atoms with Crippen molar-refractivity contribution in [2.75, 3.05) is 19.0 Å². The van der Waals surface area contributed by atoms with Crippen molar-refractivity contribution in [3.63, 3.8) is 0 Å². The summed E-state index contributed by atoms with van der Waals surface area (Å²) in [5, 5.41) is 4.53. The summed E-state index contributed by atoms with van der Waals surface area (Å²) in [6.07, 6.45) is 8.19. The molecule has 1 aliphatic carbocycles.